The third-order valence-corrected chi connectivity index (χ3v) is 2.07. The molecule has 0 saturated heterocycles. The van der Waals surface area contributed by atoms with E-state index in [0.29, 0.717) is 23.6 Å². The molecular formula is C11H17BO5. The van der Waals surface area contributed by atoms with Crippen LogP contribution in [0.15, 0.2) is 18.2 Å². The summed E-state index contributed by atoms with van der Waals surface area (Å²) < 4.78 is 15.5. The molecule has 5 nitrogen and oxygen atoms in total. The zero-order valence-electron chi connectivity index (χ0n) is 10.0. The summed E-state index contributed by atoms with van der Waals surface area (Å²) in [5.74, 6) is 0.970. The third-order valence-electron chi connectivity index (χ3n) is 2.07. The van der Waals surface area contributed by atoms with Crippen molar-refractivity contribution >= 4 is 12.6 Å². The number of hydrogen-bond donors (Lipinski definition) is 2. The van der Waals surface area contributed by atoms with E-state index in [1.54, 1.807) is 18.2 Å². The first kappa shape index (κ1) is 13.8. The summed E-state index contributed by atoms with van der Waals surface area (Å²) in [6.45, 7) is 2.61. The van der Waals surface area contributed by atoms with Crippen LogP contribution < -0.4 is 14.9 Å². The van der Waals surface area contributed by atoms with E-state index in [1.165, 1.54) is 7.11 Å². The van der Waals surface area contributed by atoms with Crippen LogP contribution in [0.3, 0.4) is 0 Å². The van der Waals surface area contributed by atoms with Crippen LogP contribution in [0.25, 0.3) is 0 Å². The number of methoxy groups -OCH3 is 1. The van der Waals surface area contributed by atoms with Gasteiger partial charge < -0.3 is 24.3 Å². The van der Waals surface area contributed by atoms with Gasteiger partial charge in [-0.2, -0.15) is 0 Å². The summed E-state index contributed by atoms with van der Waals surface area (Å²) in [5.41, 5.74) is 0.322. The van der Waals surface area contributed by atoms with E-state index in [0.717, 1.165) is 6.42 Å². The maximum Gasteiger partial charge on any atom is 0.492 e. The lowest BCUT2D eigenvalue weighted by atomic mass is 9.79. The maximum absolute atomic E-state index is 9.18. The predicted molar refractivity (Wildman–Crippen MR) is 64.6 cm³/mol. The lowest BCUT2D eigenvalue weighted by Gasteiger charge is -2.12. The monoisotopic (exact) mass is 240 g/mol. The topological polar surface area (TPSA) is 68.2 Å². The third kappa shape index (κ3) is 4.26. The van der Waals surface area contributed by atoms with Gasteiger partial charge in [-0.1, -0.05) is 13.0 Å². The predicted octanol–water partition coefficient (Wildman–Crippen LogP) is 0.138. The minimum absolute atomic E-state index is 0.133. The van der Waals surface area contributed by atoms with E-state index < -0.39 is 7.12 Å². The highest BCUT2D eigenvalue weighted by molar-refractivity contribution is 6.59. The van der Waals surface area contributed by atoms with Crippen molar-refractivity contribution < 1.29 is 24.3 Å². The number of ether oxygens (including phenoxy) is 3. The van der Waals surface area contributed by atoms with Crippen LogP contribution in [0.4, 0.5) is 0 Å². The van der Waals surface area contributed by atoms with Crippen LogP contribution in [0.1, 0.15) is 13.3 Å². The maximum atomic E-state index is 9.18. The van der Waals surface area contributed by atoms with Gasteiger partial charge in [0, 0.05) is 18.6 Å². The SMILES string of the molecule is CCCOc1cc(OCOC)ccc1B(O)O. The Morgan fingerprint density at radius 2 is 2.00 bits per heavy atom. The number of rotatable bonds is 7. The molecule has 2 N–H and O–H groups in total. The minimum atomic E-state index is -1.56. The van der Waals surface area contributed by atoms with Crippen LogP contribution in [0.2, 0.25) is 0 Å². The minimum Gasteiger partial charge on any atom is -0.494 e. The average molecular weight is 240 g/mol. The Kier molecular flexibility index (Phi) is 5.83. The van der Waals surface area contributed by atoms with Crippen molar-refractivity contribution in [3.63, 3.8) is 0 Å². The number of hydrogen-bond acceptors (Lipinski definition) is 5. The first-order chi connectivity index (χ1) is 8.19. The van der Waals surface area contributed by atoms with Crippen molar-refractivity contribution in [3.05, 3.63) is 18.2 Å². The van der Waals surface area contributed by atoms with Gasteiger partial charge in [0.15, 0.2) is 6.79 Å². The molecule has 0 atom stereocenters. The van der Waals surface area contributed by atoms with E-state index >= 15 is 0 Å². The highest BCUT2D eigenvalue weighted by atomic mass is 16.7. The molecule has 0 aliphatic rings. The van der Waals surface area contributed by atoms with Crippen molar-refractivity contribution in [3.8, 4) is 11.5 Å². The molecule has 0 amide bonds. The molecule has 1 aromatic rings. The summed E-state index contributed by atoms with van der Waals surface area (Å²) in [4.78, 5) is 0. The standard InChI is InChI=1S/C11H17BO5/c1-3-6-16-11-7-9(17-8-15-2)4-5-10(11)12(13)14/h4-5,7,13-14H,3,6,8H2,1-2H3. The Morgan fingerprint density at radius 3 is 2.59 bits per heavy atom. The second-order valence-corrected chi connectivity index (χ2v) is 3.47. The lowest BCUT2D eigenvalue weighted by molar-refractivity contribution is 0.0509. The smallest absolute Gasteiger partial charge is 0.492 e. The summed E-state index contributed by atoms with van der Waals surface area (Å²) >= 11 is 0. The lowest BCUT2D eigenvalue weighted by Crippen LogP contribution is -2.31. The summed E-state index contributed by atoms with van der Waals surface area (Å²) in [5, 5.41) is 18.4. The van der Waals surface area contributed by atoms with E-state index in [2.05, 4.69) is 0 Å². The second-order valence-electron chi connectivity index (χ2n) is 3.47. The van der Waals surface area contributed by atoms with Crippen molar-refractivity contribution in [2.75, 3.05) is 20.5 Å². The Bertz CT molecular complexity index is 343. The van der Waals surface area contributed by atoms with Crippen molar-refractivity contribution in [2.24, 2.45) is 0 Å². The van der Waals surface area contributed by atoms with Gasteiger partial charge >= 0.3 is 7.12 Å². The molecule has 0 heterocycles. The molecule has 17 heavy (non-hydrogen) atoms. The molecule has 94 valence electrons. The van der Waals surface area contributed by atoms with Crippen LogP contribution >= 0.6 is 0 Å². The van der Waals surface area contributed by atoms with E-state index in [-0.39, 0.29) is 6.79 Å². The van der Waals surface area contributed by atoms with Gasteiger partial charge in [-0.3, -0.25) is 0 Å². The summed E-state index contributed by atoms with van der Waals surface area (Å²) in [6, 6.07) is 4.80. The van der Waals surface area contributed by atoms with Gasteiger partial charge in [0.2, 0.25) is 0 Å². The van der Waals surface area contributed by atoms with Gasteiger partial charge in [-0.15, -0.1) is 0 Å². The highest BCUT2D eigenvalue weighted by Crippen LogP contribution is 2.18. The molecular weight excluding hydrogens is 223 g/mol. The van der Waals surface area contributed by atoms with Crippen LogP contribution in [0.5, 0.6) is 11.5 Å². The molecule has 0 spiro atoms. The van der Waals surface area contributed by atoms with E-state index in [4.69, 9.17) is 14.2 Å². The average Bonchev–Trinajstić information content (AvgIpc) is 2.33. The Balaban J connectivity index is 2.84. The fourth-order valence-electron chi connectivity index (χ4n) is 1.28. The zero-order chi connectivity index (χ0) is 12.7. The molecule has 0 saturated carbocycles. The molecule has 0 aliphatic carbocycles. The Hall–Kier alpha value is -1.24. The van der Waals surface area contributed by atoms with E-state index in [9.17, 15) is 10.0 Å². The Labute approximate surface area is 101 Å². The fourth-order valence-corrected chi connectivity index (χ4v) is 1.28. The second kappa shape index (κ2) is 7.16. The molecule has 0 unspecified atom stereocenters. The van der Waals surface area contributed by atoms with Crippen LogP contribution in [0, 0.1) is 0 Å². The first-order valence-corrected chi connectivity index (χ1v) is 5.43. The van der Waals surface area contributed by atoms with Gasteiger partial charge in [-0.25, -0.2) is 0 Å². The quantitative estimate of drug-likeness (QED) is 0.524. The molecule has 0 aliphatic heterocycles. The number of benzene rings is 1. The van der Waals surface area contributed by atoms with Crippen LogP contribution in [-0.2, 0) is 4.74 Å². The molecule has 1 aromatic carbocycles. The molecule has 0 aromatic heterocycles. The van der Waals surface area contributed by atoms with Gasteiger partial charge in [0.1, 0.15) is 11.5 Å². The largest absolute Gasteiger partial charge is 0.494 e. The first-order valence-electron chi connectivity index (χ1n) is 5.43. The van der Waals surface area contributed by atoms with Gasteiger partial charge in [-0.05, 0) is 12.5 Å². The zero-order valence-corrected chi connectivity index (χ0v) is 10.0. The summed E-state index contributed by atoms with van der Waals surface area (Å²) in [6.07, 6.45) is 0.837. The Morgan fingerprint density at radius 1 is 1.24 bits per heavy atom. The van der Waals surface area contributed by atoms with Crippen molar-refractivity contribution in [2.45, 2.75) is 13.3 Å². The fraction of sp³-hybridized carbons (Fsp3) is 0.455. The summed E-state index contributed by atoms with van der Waals surface area (Å²) in [7, 11) is -0.0290. The van der Waals surface area contributed by atoms with Crippen molar-refractivity contribution in [1.82, 2.24) is 0 Å². The highest BCUT2D eigenvalue weighted by Gasteiger charge is 2.17. The molecule has 6 heteroatoms. The molecule has 0 fully saturated rings. The molecule has 0 bridgehead atoms. The van der Waals surface area contributed by atoms with Crippen LogP contribution in [-0.4, -0.2) is 37.7 Å². The van der Waals surface area contributed by atoms with Gasteiger partial charge in [0.25, 0.3) is 0 Å². The molecule has 1 rings (SSSR count). The van der Waals surface area contributed by atoms with Crippen molar-refractivity contribution in [1.29, 1.82) is 0 Å². The van der Waals surface area contributed by atoms with E-state index in [1.807, 2.05) is 6.92 Å². The molecule has 0 radical (unpaired) electrons. The van der Waals surface area contributed by atoms with Gasteiger partial charge in [0.05, 0.1) is 6.61 Å². The normalized spacial score (nSPS) is 10.1.